The molecule has 0 radical (unpaired) electrons. The zero-order valence-corrected chi connectivity index (χ0v) is 8.92. The lowest BCUT2D eigenvalue weighted by Crippen LogP contribution is -2.23. The van der Waals surface area contributed by atoms with Gasteiger partial charge in [-0.15, -0.1) is 19.7 Å². The SMILES string of the molecule is C=C[Si](C=C)(C=C)C=CCCC. The van der Waals surface area contributed by atoms with Crippen molar-refractivity contribution in [3.8, 4) is 0 Å². The number of rotatable bonds is 6. The highest BCUT2D eigenvalue weighted by molar-refractivity contribution is 6.97. The van der Waals surface area contributed by atoms with Crippen LogP contribution in [0.2, 0.25) is 0 Å². The second kappa shape index (κ2) is 5.78. The minimum atomic E-state index is -1.64. The molecule has 0 aromatic carbocycles. The molecule has 0 saturated heterocycles. The number of unbranched alkanes of at least 4 members (excludes halogenated alkanes) is 1. The predicted molar refractivity (Wildman–Crippen MR) is 60.4 cm³/mol. The Morgan fingerprint density at radius 1 is 1.08 bits per heavy atom. The Hall–Kier alpha value is -0.823. The Labute approximate surface area is 77.0 Å². The van der Waals surface area contributed by atoms with Crippen molar-refractivity contribution in [2.45, 2.75) is 19.8 Å². The molecule has 1 heteroatoms. The summed E-state index contributed by atoms with van der Waals surface area (Å²) in [5, 5.41) is 0. The van der Waals surface area contributed by atoms with Crippen LogP contribution in [0.4, 0.5) is 0 Å². The Kier molecular flexibility index (Phi) is 5.38. The highest BCUT2D eigenvalue weighted by Crippen LogP contribution is 2.09. The molecule has 0 spiro atoms. The van der Waals surface area contributed by atoms with E-state index in [1.165, 1.54) is 6.42 Å². The first-order valence-electron chi connectivity index (χ1n) is 4.33. The fourth-order valence-electron chi connectivity index (χ4n) is 0.908. The van der Waals surface area contributed by atoms with Crippen molar-refractivity contribution >= 4 is 8.07 Å². The average Bonchev–Trinajstić information content (AvgIpc) is 2.14. The highest BCUT2D eigenvalue weighted by Gasteiger charge is 2.16. The Balaban J connectivity index is 4.39. The molecule has 0 heterocycles. The average molecular weight is 178 g/mol. The van der Waals surface area contributed by atoms with Gasteiger partial charge < -0.3 is 0 Å². The molecule has 0 N–H and O–H groups in total. The lowest BCUT2D eigenvalue weighted by Gasteiger charge is -2.13. The fourth-order valence-corrected chi connectivity index (χ4v) is 2.39. The van der Waals surface area contributed by atoms with Crippen molar-refractivity contribution in [2.24, 2.45) is 0 Å². The molecule has 0 aromatic heterocycles. The number of allylic oxidation sites excluding steroid dienone is 1. The topological polar surface area (TPSA) is 0 Å². The maximum atomic E-state index is 3.82. The molecule has 0 fully saturated rings. The third kappa shape index (κ3) is 3.05. The van der Waals surface area contributed by atoms with Crippen molar-refractivity contribution in [3.05, 3.63) is 48.6 Å². The largest absolute Gasteiger partial charge is 0.148 e. The van der Waals surface area contributed by atoms with E-state index in [2.05, 4.69) is 38.4 Å². The summed E-state index contributed by atoms with van der Waals surface area (Å²) in [7, 11) is -1.64. The summed E-state index contributed by atoms with van der Waals surface area (Å²) in [5.41, 5.74) is 8.18. The third-order valence-corrected chi connectivity index (χ3v) is 4.86. The van der Waals surface area contributed by atoms with Gasteiger partial charge in [-0.3, -0.25) is 0 Å². The van der Waals surface area contributed by atoms with Crippen LogP contribution >= 0.6 is 0 Å². The smallest absolute Gasteiger partial charge is 0.106 e. The van der Waals surface area contributed by atoms with E-state index in [0.717, 1.165) is 6.42 Å². The quantitative estimate of drug-likeness (QED) is 0.546. The molecule has 0 saturated carbocycles. The summed E-state index contributed by atoms with van der Waals surface area (Å²) in [4.78, 5) is 0. The molecular formula is C11H18Si. The zero-order chi connectivity index (χ0) is 9.45. The maximum Gasteiger partial charge on any atom is 0.148 e. The lowest BCUT2D eigenvalue weighted by atomic mass is 10.3. The second-order valence-electron chi connectivity index (χ2n) is 2.80. The normalized spacial score (nSPS) is 11.4. The summed E-state index contributed by atoms with van der Waals surface area (Å²) in [6.45, 7) is 13.6. The molecule has 0 aliphatic carbocycles. The van der Waals surface area contributed by atoms with Gasteiger partial charge in [0, 0.05) is 0 Å². The van der Waals surface area contributed by atoms with E-state index in [1.54, 1.807) is 0 Å². The van der Waals surface area contributed by atoms with Gasteiger partial charge in [-0.1, -0.05) is 42.2 Å². The van der Waals surface area contributed by atoms with Crippen LogP contribution < -0.4 is 0 Å². The van der Waals surface area contributed by atoms with E-state index in [1.807, 2.05) is 17.1 Å². The van der Waals surface area contributed by atoms with Gasteiger partial charge in [-0.25, -0.2) is 0 Å². The van der Waals surface area contributed by atoms with Crippen LogP contribution in [0.3, 0.4) is 0 Å². The van der Waals surface area contributed by atoms with E-state index in [9.17, 15) is 0 Å². The first-order chi connectivity index (χ1) is 5.74. The Morgan fingerprint density at radius 2 is 1.58 bits per heavy atom. The first-order valence-corrected chi connectivity index (χ1v) is 6.64. The molecule has 0 aliphatic rings. The maximum absolute atomic E-state index is 3.82. The molecule has 0 aliphatic heterocycles. The molecular weight excluding hydrogens is 160 g/mol. The van der Waals surface area contributed by atoms with Gasteiger partial charge in [-0.2, -0.15) is 0 Å². The summed E-state index contributed by atoms with van der Waals surface area (Å²) < 4.78 is 0. The van der Waals surface area contributed by atoms with Crippen LogP contribution in [-0.2, 0) is 0 Å². The van der Waals surface area contributed by atoms with Crippen molar-refractivity contribution in [2.75, 3.05) is 0 Å². The fraction of sp³-hybridized carbons (Fsp3) is 0.273. The monoisotopic (exact) mass is 178 g/mol. The molecule has 0 aromatic rings. The van der Waals surface area contributed by atoms with Crippen LogP contribution in [-0.4, -0.2) is 8.07 Å². The van der Waals surface area contributed by atoms with E-state index in [4.69, 9.17) is 0 Å². The number of hydrogen-bond donors (Lipinski definition) is 0. The van der Waals surface area contributed by atoms with Crippen molar-refractivity contribution < 1.29 is 0 Å². The van der Waals surface area contributed by atoms with E-state index in [-0.39, 0.29) is 0 Å². The summed E-state index contributed by atoms with van der Waals surface area (Å²) in [5.74, 6) is 0. The molecule has 0 unspecified atom stereocenters. The van der Waals surface area contributed by atoms with Gasteiger partial charge >= 0.3 is 0 Å². The van der Waals surface area contributed by atoms with Crippen molar-refractivity contribution in [1.29, 1.82) is 0 Å². The van der Waals surface area contributed by atoms with Gasteiger partial charge in [0.2, 0.25) is 0 Å². The second-order valence-corrected chi connectivity index (χ2v) is 6.36. The van der Waals surface area contributed by atoms with Gasteiger partial charge in [0.05, 0.1) is 0 Å². The summed E-state index contributed by atoms with van der Waals surface area (Å²) >= 11 is 0. The molecule has 66 valence electrons. The Bertz CT molecular complexity index is 167. The van der Waals surface area contributed by atoms with Crippen LogP contribution in [0.1, 0.15) is 19.8 Å². The van der Waals surface area contributed by atoms with E-state index in [0.29, 0.717) is 0 Å². The molecule has 0 atom stereocenters. The minimum absolute atomic E-state index is 1.13. The van der Waals surface area contributed by atoms with Crippen LogP contribution in [0.5, 0.6) is 0 Å². The summed E-state index contributed by atoms with van der Waals surface area (Å²) in [6.07, 6.45) is 4.52. The zero-order valence-electron chi connectivity index (χ0n) is 7.92. The molecule has 12 heavy (non-hydrogen) atoms. The van der Waals surface area contributed by atoms with Gasteiger partial charge in [-0.05, 0) is 6.42 Å². The van der Waals surface area contributed by atoms with Crippen LogP contribution in [0.15, 0.2) is 48.6 Å². The number of hydrogen-bond acceptors (Lipinski definition) is 0. The molecule has 0 bridgehead atoms. The van der Waals surface area contributed by atoms with Crippen molar-refractivity contribution in [3.63, 3.8) is 0 Å². The molecule has 0 rings (SSSR count). The minimum Gasteiger partial charge on any atom is -0.106 e. The van der Waals surface area contributed by atoms with Gasteiger partial charge in [0.15, 0.2) is 0 Å². The lowest BCUT2D eigenvalue weighted by molar-refractivity contribution is 0.960. The van der Waals surface area contributed by atoms with Gasteiger partial charge in [0.1, 0.15) is 8.07 Å². The van der Waals surface area contributed by atoms with Crippen LogP contribution in [0, 0.1) is 0 Å². The van der Waals surface area contributed by atoms with Crippen molar-refractivity contribution in [1.82, 2.24) is 0 Å². The predicted octanol–water partition coefficient (Wildman–Crippen LogP) is 3.51. The first kappa shape index (κ1) is 11.2. The van der Waals surface area contributed by atoms with E-state index < -0.39 is 8.07 Å². The highest BCUT2D eigenvalue weighted by atomic mass is 28.3. The van der Waals surface area contributed by atoms with Crippen LogP contribution in [0.25, 0.3) is 0 Å². The molecule has 0 amide bonds. The molecule has 0 nitrogen and oxygen atoms in total. The Morgan fingerprint density at radius 3 is 1.92 bits per heavy atom. The third-order valence-electron chi connectivity index (χ3n) is 1.92. The van der Waals surface area contributed by atoms with Gasteiger partial charge in [0.25, 0.3) is 0 Å². The standard InChI is InChI=1S/C11H18Si/c1-5-9-10-11-12(6-2,7-3)8-4/h6-8,10-11H,2-5,9H2,1H3. The summed E-state index contributed by atoms with van der Waals surface area (Å²) in [6, 6.07) is 0. The van der Waals surface area contributed by atoms with E-state index >= 15 is 0 Å².